The molecule has 0 bridgehead atoms. The Labute approximate surface area is 98.2 Å². The van der Waals surface area contributed by atoms with Gasteiger partial charge in [0.1, 0.15) is 11.4 Å². The van der Waals surface area contributed by atoms with E-state index in [-0.39, 0.29) is 17.7 Å². The van der Waals surface area contributed by atoms with Crippen LogP contribution in [0.3, 0.4) is 0 Å². The van der Waals surface area contributed by atoms with E-state index in [0.717, 1.165) is 0 Å². The molecule has 0 aromatic carbocycles. The summed E-state index contributed by atoms with van der Waals surface area (Å²) in [6.45, 7) is 7.09. The number of hydrogen-bond donors (Lipinski definition) is 1. The summed E-state index contributed by atoms with van der Waals surface area (Å²) in [7, 11) is 0. The van der Waals surface area contributed by atoms with Crippen molar-refractivity contribution >= 4 is 22.0 Å². The monoisotopic (exact) mass is 281 g/mol. The third-order valence-corrected chi connectivity index (χ3v) is 1.97. The summed E-state index contributed by atoms with van der Waals surface area (Å²) in [5, 5.41) is 2.64. The first-order valence-corrected chi connectivity index (χ1v) is 5.75. The molecule has 0 saturated carbocycles. The Morgan fingerprint density at radius 3 is 2.40 bits per heavy atom. The molecule has 1 N–H and O–H groups in total. The summed E-state index contributed by atoms with van der Waals surface area (Å²) in [5.74, 6) is -0.272. The van der Waals surface area contributed by atoms with Gasteiger partial charge in [0.25, 0.3) is 0 Å². The summed E-state index contributed by atoms with van der Waals surface area (Å²) >= 11 is 2.99. The standard InChI is InChI=1S/C10H17BrFNO2/c1-7(8(12)5-11)6-13-9(14)15-10(2,3)4/h5-6H2,1-4H3,(H,13,14). The number of allylic oxidation sites excluding steroid dienone is 1. The van der Waals surface area contributed by atoms with Gasteiger partial charge < -0.3 is 10.1 Å². The van der Waals surface area contributed by atoms with Crippen LogP contribution in [0.15, 0.2) is 11.4 Å². The zero-order valence-electron chi connectivity index (χ0n) is 9.49. The number of alkyl halides is 1. The summed E-state index contributed by atoms with van der Waals surface area (Å²) < 4.78 is 17.9. The van der Waals surface area contributed by atoms with Gasteiger partial charge in [0, 0.05) is 6.54 Å². The summed E-state index contributed by atoms with van der Waals surface area (Å²) in [6.07, 6.45) is -0.538. The SMILES string of the molecule is CC(CNC(=O)OC(C)(C)C)=C(F)CBr. The summed E-state index contributed by atoms with van der Waals surface area (Å²) in [5.41, 5.74) is -0.0481. The smallest absolute Gasteiger partial charge is 0.407 e. The Kier molecular flexibility index (Phi) is 5.87. The zero-order chi connectivity index (χ0) is 12.1. The predicted molar refractivity (Wildman–Crippen MR) is 61.8 cm³/mol. The van der Waals surface area contributed by atoms with E-state index in [1.165, 1.54) is 0 Å². The largest absolute Gasteiger partial charge is 0.444 e. The van der Waals surface area contributed by atoms with Gasteiger partial charge in [-0.1, -0.05) is 15.9 Å². The molecule has 0 aliphatic carbocycles. The van der Waals surface area contributed by atoms with Crippen LogP contribution in [0.1, 0.15) is 27.7 Å². The Bertz CT molecular complexity index is 259. The topological polar surface area (TPSA) is 38.3 Å². The lowest BCUT2D eigenvalue weighted by atomic mass is 10.2. The average Bonchev–Trinajstić information content (AvgIpc) is 2.10. The molecule has 88 valence electrons. The van der Waals surface area contributed by atoms with Gasteiger partial charge in [-0.05, 0) is 33.3 Å². The van der Waals surface area contributed by atoms with E-state index in [9.17, 15) is 9.18 Å². The maximum Gasteiger partial charge on any atom is 0.407 e. The molecule has 0 aliphatic rings. The second-order valence-electron chi connectivity index (χ2n) is 4.17. The Hall–Kier alpha value is -0.580. The maximum atomic E-state index is 13.0. The van der Waals surface area contributed by atoms with Gasteiger partial charge >= 0.3 is 6.09 Å². The molecule has 0 rings (SSSR count). The van der Waals surface area contributed by atoms with Crippen LogP contribution in [0.25, 0.3) is 0 Å². The van der Waals surface area contributed by atoms with Crippen LogP contribution in [-0.4, -0.2) is 23.6 Å². The van der Waals surface area contributed by atoms with Gasteiger partial charge in [-0.15, -0.1) is 0 Å². The molecular formula is C10H17BrFNO2. The molecule has 0 radical (unpaired) electrons. The van der Waals surface area contributed by atoms with Crippen molar-refractivity contribution in [2.75, 3.05) is 11.9 Å². The minimum atomic E-state index is -0.538. The lowest BCUT2D eigenvalue weighted by molar-refractivity contribution is 0.0532. The van der Waals surface area contributed by atoms with E-state index < -0.39 is 11.7 Å². The van der Waals surface area contributed by atoms with Crippen molar-refractivity contribution < 1.29 is 13.9 Å². The van der Waals surface area contributed by atoms with Crippen molar-refractivity contribution in [1.82, 2.24) is 5.32 Å². The average molecular weight is 282 g/mol. The molecule has 0 heterocycles. The van der Waals surface area contributed by atoms with Crippen molar-refractivity contribution in [1.29, 1.82) is 0 Å². The molecule has 1 amide bonds. The fourth-order valence-corrected chi connectivity index (χ4v) is 1.21. The molecule has 3 nitrogen and oxygen atoms in total. The molecule has 5 heteroatoms. The van der Waals surface area contributed by atoms with Gasteiger partial charge in [-0.25, -0.2) is 9.18 Å². The predicted octanol–water partition coefficient (Wildman–Crippen LogP) is 3.15. The van der Waals surface area contributed by atoms with Crippen molar-refractivity contribution in [3.05, 3.63) is 11.4 Å². The van der Waals surface area contributed by atoms with Crippen LogP contribution in [0.4, 0.5) is 9.18 Å². The molecule has 15 heavy (non-hydrogen) atoms. The maximum absolute atomic E-state index is 13.0. The fraction of sp³-hybridized carbons (Fsp3) is 0.700. The van der Waals surface area contributed by atoms with Gasteiger partial charge in [0.05, 0.1) is 5.33 Å². The number of halogens is 2. The first-order chi connectivity index (χ1) is 6.76. The molecule has 0 atom stereocenters. The third-order valence-electron chi connectivity index (χ3n) is 1.48. The van der Waals surface area contributed by atoms with Crippen molar-refractivity contribution in [3.8, 4) is 0 Å². The van der Waals surface area contributed by atoms with Gasteiger partial charge in [-0.3, -0.25) is 0 Å². The zero-order valence-corrected chi connectivity index (χ0v) is 11.1. The molecule has 0 spiro atoms. The molecular weight excluding hydrogens is 265 g/mol. The lowest BCUT2D eigenvalue weighted by Crippen LogP contribution is -2.33. The highest BCUT2D eigenvalue weighted by Gasteiger charge is 2.15. The molecule has 0 fully saturated rings. The van der Waals surface area contributed by atoms with E-state index in [1.807, 2.05) is 0 Å². The number of hydrogen-bond acceptors (Lipinski definition) is 2. The molecule has 0 saturated heterocycles. The van der Waals surface area contributed by atoms with Crippen molar-refractivity contribution in [2.24, 2.45) is 0 Å². The number of alkyl carbamates (subject to hydrolysis) is 1. The minimum absolute atomic E-state index is 0.159. The minimum Gasteiger partial charge on any atom is -0.444 e. The Balaban J connectivity index is 4.03. The van der Waals surface area contributed by atoms with E-state index in [0.29, 0.717) is 5.57 Å². The van der Waals surface area contributed by atoms with Crippen LogP contribution in [0, 0.1) is 0 Å². The van der Waals surface area contributed by atoms with Gasteiger partial charge in [0.2, 0.25) is 0 Å². The van der Waals surface area contributed by atoms with E-state index in [2.05, 4.69) is 21.2 Å². The van der Waals surface area contributed by atoms with E-state index in [4.69, 9.17) is 4.74 Å². The number of amides is 1. The van der Waals surface area contributed by atoms with Crippen LogP contribution in [0.2, 0.25) is 0 Å². The molecule has 0 unspecified atom stereocenters. The third kappa shape index (κ3) is 7.36. The van der Waals surface area contributed by atoms with Crippen LogP contribution < -0.4 is 5.32 Å². The van der Waals surface area contributed by atoms with Crippen molar-refractivity contribution in [2.45, 2.75) is 33.3 Å². The number of carbonyl (C=O) groups excluding carboxylic acids is 1. The second kappa shape index (κ2) is 6.10. The molecule has 0 aromatic rings. The van der Waals surface area contributed by atoms with Crippen molar-refractivity contribution in [3.63, 3.8) is 0 Å². The van der Waals surface area contributed by atoms with Gasteiger partial charge in [0.15, 0.2) is 0 Å². The molecule has 0 aliphatic heterocycles. The van der Waals surface area contributed by atoms with Crippen LogP contribution >= 0.6 is 15.9 Å². The Morgan fingerprint density at radius 1 is 1.47 bits per heavy atom. The first kappa shape index (κ1) is 14.4. The highest BCUT2D eigenvalue weighted by molar-refractivity contribution is 9.09. The number of rotatable bonds is 3. The van der Waals surface area contributed by atoms with E-state index in [1.54, 1.807) is 27.7 Å². The van der Waals surface area contributed by atoms with Crippen LogP contribution in [-0.2, 0) is 4.74 Å². The molecule has 0 aromatic heterocycles. The fourth-order valence-electron chi connectivity index (χ4n) is 0.729. The highest BCUT2D eigenvalue weighted by Crippen LogP contribution is 2.09. The highest BCUT2D eigenvalue weighted by atomic mass is 79.9. The summed E-state index contributed by atoms with van der Waals surface area (Å²) in [4.78, 5) is 11.2. The lowest BCUT2D eigenvalue weighted by Gasteiger charge is -2.19. The number of nitrogens with one attached hydrogen (secondary N) is 1. The normalized spacial score (nSPS) is 13.2. The summed E-state index contributed by atoms with van der Waals surface area (Å²) in [6, 6.07) is 0. The van der Waals surface area contributed by atoms with E-state index >= 15 is 0 Å². The quantitative estimate of drug-likeness (QED) is 0.807. The Morgan fingerprint density at radius 2 is 2.00 bits per heavy atom. The van der Waals surface area contributed by atoms with Gasteiger partial charge in [-0.2, -0.15) is 0 Å². The number of carbonyl (C=O) groups is 1. The first-order valence-electron chi connectivity index (χ1n) is 4.63. The second-order valence-corrected chi connectivity index (χ2v) is 4.74. The number of ether oxygens (including phenoxy) is 1. The van der Waals surface area contributed by atoms with Crippen LogP contribution in [0.5, 0.6) is 0 Å².